The van der Waals surface area contributed by atoms with Crippen molar-refractivity contribution in [3.05, 3.63) is 65.7 Å². The Hall–Kier alpha value is -3.33. The maximum atomic E-state index is 13.1. The number of hydrogen-bond acceptors (Lipinski definition) is 4. The van der Waals surface area contributed by atoms with Gasteiger partial charge in [-0.25, -0.2) is 0 Å². The van der Waals surface area contributed by atoms with Crippen LogP contribution < -0.4 is 10.1 Å². The van der Waals surface area contributed by atoms with Gasteiger partial charge in [0.2, 0.25) is 12.2 Å². The number of carbonyl (C=O) groups excluding carboxylic acids is 1. The van der Waals surface area contributed by atoms with E-state index in [1.54, 1.807) is 7.11 Å². The molecular weight excluding hydrogens is 400 g/mol. The monoisotopic (exact) mass is 430 g/mol. The smallest absolute Gasteiger partial charge is 0.210 e. The number of guanidine groups is 1. The number of aliphatic imine (C=N–C) groups is 1. The van der Waals surface area contributed by atoms with Gasteiger partial charge in [0.1, 0.15) is 5.75 Å². The number of ether oxygens (including phenoxy) is 1. The quantitative estimate of drug-likeness (QED) is 0.524. The Balaban J connectivity index is 1.50. The van der Waals surface area contributed by atoms with Crippen LogP contribution in [0.1, 0.15) is 54.4 Å². The van der Waals surface area contributed by atoms with Gasteiger partial charge in [-0.2, -0.15) is 5.26 Å². The summed E-state index contributed by atoms with van der Waals surface area (Å²) >= 11 is 0. The average molecular weight is 431 g/mol. The van der Waals surface area contributed by atoms with E-state index < -0.39 is 0 Å². The van der Waals surface area contributed by atoms with Crippen LogP contribution in [0.3, 0.4) is 0 Å². The number of nitrogens with zero attached hydrogens (tertiary/aromatic N) is 3. The summed E-state index contributed by atoms with van der Waals surface area (Å²) in [5.41, 5.74) is 1.96. The molecule has 32 heavy (non-hydrogen) atoms. The van der Waals surface area contributed by atoms with Crippen molar-refractivity contribution in [2.24, 2.45) is 4.99 Å². The molecule has 4 rings (SSSR count). The normalized spacial score (nSPS) is 24.1. The van der Waals surface area contributed by atoms with Crippen LogP contribution in [0.15, 0.2) is 59.6 Å². The summed E-state index contributed by atoms with van der Waals surface area (Å²) in [6, 6.07) is 18.5. The van der Waals surface area contributed by atoms with E-state index in [9.17, 15) is 4.79 Å². The number of rotatable bonds is 7. The van der Waals surface area contributed by atoms with Crippen molar-refractivity contribution in [3.8, 4) is 11.9 Å². The third kappa shape index (κ3) is 4.47. The van der Waals surface area contributed by atoms with Crippen molar-refractivity contribution in [2.45, 2.75) is 50.0 Å². The molecule has 0 bridgehead atoms. The van der Waals surface area contributed by atoms with E-state index in [2.05, 4.69) is 39.5 Å². The highest BCUT2D eigenvalue weighted by Gasteiger charge is 2.40. The lowest BCUT2D eigenvalue weighted by molar-refractivity contribution is 0.0953. The first-order chi connectivity index (χ1) is 15.7. The summed E-state index contributed by atoms with van der Waals surface area (Å²) in [5, 5.41) is 12.2. The molecule has 1 saturated carbocycles. The minimum absolute atomic E-state index is 0.0187. The highest BCUT2D eigenvalue weighted by Crippen LogP contribution is 2.44. The number of methoxy groups -OCH3 is 1. The molecule has 6 nitrogen and oxygen atoms in total. The third-order valence-corrected chi connectivity index (χ3v) is 7.04. The molecule has 0 amide bonds. The zero-order chi connectivity index (χ0) is 22.4. The van der Waals surface area contributed by atoms with Crippen molar-refractivity contribution in [1.29, 1.82) is 5.26 Å². The van der Waals surface area contributed by atoms with Gasteiger partial charge in [0.15, 0.2) is 5.78 Å². The molecule has 2 aromatic carbocycles. The van der Waals surface area contributed by atoms with Gasteiger partial charge in [0.25, 0.3) is 0 Å². The lowest BCUT2D eigenvalue weighted by Crippen LogP contribution is -2.44. The Kier molecular flexibility index (Phi) is 6.75. The molecule has 1 heterocycles. The Morgan fingerprint density at radius 1 is 1.19 bits per heavy atom. The maximum Gasteiger partial charge on any atom is 0.210 e. The van der Waals surface area contributed by atoms with Gasteiger partial charge in [-0.3, -0.25) is 4.79 Å². The Morgan fingerprint density at radius 2 is 1.91 bits per heavy atom. The molecule has 0 spiro atoms. The molecule has 1 aliphatic carbocycles. The van der Waals surface area contributed by atoms with Crippen molar-refractivity contribution in [2.75, 3.05) is 20.2 Å². The molecular formula is C26H30N4O2. The van der Waals surface area contributed by atoms with Crippen molar-refractivity contribution >= 4 is 11.7 Å². The molecule has 2 fully saturated rings. The minimum Gasteiger partial charge on any atom is -0.496 e. The number of carbonyl (C=O) groups is 1. The first-order valence-corrected chi connectivity index (χ1v) is 11.4. The summed E-state index contributed by atoms with van der Waals surface area (Å²) in [6.45, 7) is 1.71. The van der Waals surface area contributed by atoms with Crippen LogP contribution in [0.25, 0.3) is 0 Å². The number of hydrogen-bond donors (Lipinski definition) is 1. The van der Waals surface area contributed by atoms with Gasteiger partial charge < -0.3 is 15.0 Å². The van der Waals surface area contributed by atoms with Crippen molar-refractivity contribution < 1.29 is 9.53 Å². The first kappa shape index (κ1) is 21.9. The standard InChI is InChI=1S/C26H30N4O2/c1-32-24-10-6-5-9-22(24)23(31)13-16-26(20-7-3-2-4-8-20)14-11-21(12-15-26)30-18-17-28-25(30)29-19-27/h2-10,21H,11-18H2,1H3,(H,28,29)/t21-,26+. The van der Waals surface area contributed by atoms with Crippen LogP contribution in [0, 0.1) is 11.5 Å². The van der Waals surface area contributed by atoms with E-state index in [0.717, 1.165) is 45.2 Å². The number of ketones is 1. The van der Waals surface area contributed by atoms with Crippen LogP contribution in [-0.4, -0.2) is 42.9 Å². The molecule has 0 atom stereocenters. The van der Waals surface area contributed by atoms with Gasteiger partial charge >= 0.3 is 0 Å². The van der Waals surface area contributed by atoms with E-state index in [0.29, 0.717) is 29.7 Å². The van der Waals surface area contributed by atoms with E-state index in [1.165, 1.54) is 5.56 Å². The molecule has 0 radical (unpaired) electrons. The van der Waals surface area contributed by atoms with Crippen LogP contribution in [0.2, 0.25) is 0 Å². The Labute approximate surface area is 189 Å². The van der Waals surface area contributed by atoms with Crippen LogP contribution in [-0.2, 0) is 5.41 Å². The number of para-hydroxylation sites is 1. The first-order valence-electron chi connectivity index (χ1n) is 11.4. The number of nitrogens with one attached hydrogen (secondary N) is 1. The summed E-state index contributed by atoms with van der Waals surface area (Å²) in [6.07, 6.45) is 7.28. The third-order valence-electron chi connectivity index (χ3n) is 7.04. The SMILES string of the molecule is COc1ccccc1C(=O)CC[C@]1(c2ccccc2)CC[C@@H](N2CCN/C2=N\C#N)CC1. The second-order valence-corrected chi connectivity index (χ2v) is 8.66. The summed E-state index contributed by atoms with van der Waals surface area (Å²) in [4.78, 5) is 19.3. The summed E-state index contributed by atoms with van der Waals surface area (Å²) in [7, 11) is 1.61. The van der Waals surface area contributed by atoms with Crippen molar-refractivity contribution in [3.63, 3.8) is 0 Å². The summed E-state index contributed by atoms with van der Waals surface area (Å²) in [5.74, 6) is 1.48. The molecule has 1 saturated heterocycles. The molecule has 1 N–H and O–H groups in total. The fraction of sp³-hybridized carbons (Fsp3) is 0.423. The zero-order valence-corrected chi connectivity index (χ0v) is 18.6. The van der Waals surface area contributed by atoms with Gasteiger partial charge in [-0.05, 0) is 55.2 Å². The molecule has 0 aromatic heterocycles. The predicted octanol–water partition coefficient (Wildman–Crippen LogP) is 4.28. The van der Waals surface area contributed by atoms with E-state index in [4.69, 9.17) is 10.00 Å². The highest BCUT2D eigenvalue weighted by atomic mass is 16.5. The van der Waals surface area contributed by atoms with Crippen LogP contribution >= 0.6 is 0 Å². The zero-order valence-electron chi connectivity index (χ0n) is 18.6. The maximum absolute atomic E-state index is 13.1. The number of nitriles is 1. The fourth-order valence-electron chi connectivity index (χ4n) is 5.31. The second kappa shape index (κ2) is 9.86. The van der Waals surface area contributed by atoms with Crippen LogP contribution in [0.4, 0.5) is 0 Å². The van der Waals surface area contributed by atoms with E-state index >= 15 is 0 Å². The largest absolute Gasteiger partial charge is 0.496 e. The molecule has 1 aliphatic heterocycles. The van der Waals surface area contributed by atoms with Crippen molar-refractivity contribution in [1.82, 2.24) is 10.2 Å². The Bertz CT molecular complexity index is 1000. The van der Waals surface area contributed by atoms with E-state index in [1.807, 2.05) is 36.5 Å². The molecule has 2 aromatic rings. The molecule has 2 aliphatic rings. The lowest BCUT2D eigenvalue weighted by Gasteiger charge is -2.43. The number of benzene rings is 2. The topological polar surface area (TPSA) is 77.7 Å². The van der Waals surface area contributed by atoms with Crippen LogP contribution in [0.5, 0.6) is 5.75 Å². The van der Waals surface area contributed by atoms with Gasteiger partial charge in [0, 0.05) is 25.6 Å². The average Bonchev–Trinajstić information content (AvgIpc) is 3.32. The predicted molar refractivity (Wildman–Crippen MR) is 125 cm³/mol. The molecule has 6 heteroatoms. The fourth-order valence-corrected chi connectivity index (χ4v) is 5.31. The lowest BCUT2D eigenvalue weighted by atomic mass is 9.65. The molecule has 166 valence electrons. The second-order valence-electron chi connectivity index (χ2n) is 8.66. The number of Topliss-reactive ketones (excluding diaryl/α,β-unsaturated/α-hetero) is 1. The van der Waals surface area contributed by atoms with Gasteiger partial charge in [-0.15, -0.1) is 4.99 Å². The minimum atomic E-state index is -0.0187. The molecule has 0 unspecified atom stereocenters. The summed E-state index contributed by atoms with van der Waals surface area (Å²) < 4.78 is 5.40. The van der Waals surface area contributed by atoms with Gasteiger partial charge in [0.05, 0.1) is 12.7 Å². The van der Waals surface area contributed by atoms with E-state index in [-0.39, 0.29) is 11.2 Å². The van der Waals surface area contributed by atoms with Gasteiger partial charge in [-0.1, -0.05) is 42.5 Å². The highest BCUT2D eigenvalue weighted by molar-refractivity contribution is 5.98. The Morgan fingerprint density at radius 3 is 2.62 bits per heavy atom.